The fourth-order valence-electron chi connectivity index (χ4n) is 1.44. The van der Waals surface area contributed by atoms with Crippen molar-refractivity contribution < 1.29 is 26.2 Å². The molecule has 1 aliphatic carbocycles. The Labute approximate surface area is 98.5 Å². The molecule has 13 heavy (non-hydrogen) atoms. The average molecular weight is 246 g/mol. The van der Waals surface area contributed by atoms with Gasteiger partial charge in [0.25, 0.3) is 0 Å². The molecule has 0 unspecified atom stereocenters. The van der Waals surface area contributed by atoms with Gasteiger partial charge in [0.2, 0.25) is 0 Å². The van der Waals surface area contributed by atoms with Crippen LogP contribution in [0.3, 0.4) is 0 Å². The van der Waals surface area contributed by atoms with Crippen LogP contribution in [0, 0.1) is 6.08 Å². The average Bonchev–Trinajstić information content (AvgIpc) is 2.54. The van der Waals surface area contributed by atoms with E-state index in [9.17, 15) is 0 Å². The number of hydrogen-bond donors (Lipinski definition) is 0. The monoisotopic (exact) mass is 245 g/mol. The molecule has 64 valence electrons. The Morgan fingerprint density at radius 2 is 1.85 bits per heavy atom. The summed E-state index contributed by atoms with van der Waals surface area (Å²) in [7, 11) is 0. The number of hydrogen-bond acceptors (Lipinski definition) is 0. The molecule has 0 amide bonds. The van der Waals surface area contributed by atoms with Crippen LogP contribution in [0.25, 0.3) is 5.57 Å². The first-order valence-corrected chi connectivity index (χ1v) is 4.20. The van der Waals surface area contributed by atoms with E-state index < -0.39 is 0 Å². The first-order valence-electron chi connectivity index (χ1n) is 4.20. The molecule has 0 bridgehead atoms. The molecule has 0 saturated heterocycles. The number of allylic oxidation sites excluding steroid dienone is 4. The minimum absolute atomic E-state index is 0. The molecule has 1 aliphatic rings. The van der Waals surface area contributed by atoms with Gasteiger partial charge in [0.15, 0.2) is 0 Å². The van der Waals surface area contributed by atoms with Gasteiger partial charge in [0.1, 0.15) is 0 Å². The molecule has 1 aromatic carbocycles. The van der Waals surface area contributed by atoms with Crippen molar-refractivity contribution in [2.24, 2.45) is 0 Å². The Morgan fingerprint density at radius 3 is 2.38 bits per heavy atom. The van der Waals surface area contributed by atoms with Crippen LogP contribution in [-0.2, 0) is 26.2 Å². The van der Waals surface area contributed by atoms with E-state index in [0.717, 1.165) is 6.42 Å². The third-order valence-corrected chi connectivity index (χ3v) is 2.09. The van der Waals surface area contributed by atoms with Gasteiger partial charge in [0, 0.05) is 26.2 Å². The van der Waals surface area contributed by atoms with Crippen molar-refractivity contribution in [3.05, 3.63) is 53.6 Å². The van der Waals surface area contributed by atoms with E-state index in [-0.39, 0.29) is 26.2 Å². The Bertz CT molecular complexity index is 333. The van der Waals surface area contributed by atoms with E-state index in [1.54, 1.807) is 0 Å². The quantitative estimate of drug-likeness (QED) is 0.668. The summed E-state index contributed by atoms with van der Waals surface area (Å²) in [5.74, 6) is 0. The summed E-state index contributed by atoms with van der Waals surface area (Å²) in [6, 6.07) is 10.5. The molecule has 1 aromatic rings. The molecule has 0 N–H and O–H groups in total. The van der Waals surface area contributed by atoms with Crippen LogP contribution in [0.5, 0.6) is 0 Å². The van der Waals surface area contributed by atoms with E-state index in [1.165, 1.54) is 16.7 Å². The Balaban J connectivity index is 0.000000845. The van der Waals surface area contributed by atoms with Crippen LogP contribution >= 0.6 is 0 Å². The van der Waals surface area contributed by atoms with Gasteiger partial charge in [0.05, 0.1) is 0 Å². The Kier molecular flexibility index (Phi) is 3.87. The van der Waals surface area contributed by atoms with Gasteiger partial charge in [-0.2, -0.15) is 0 Å². The zero-order valence-corrected chi connectivity index (χ0v) is 10.1. The molecule has 0 fully saturated rings. The first kappa shape index (κ1) is 10.7. The molecule has 0 saturated carbocycles. The van der Waals surface area contributed by atoms with Crippen molar-refractivity contribution in [1.29, 1.82) is 0 Å². The molecular weight excluding hydrogens is 235 g/mol. The zero-order chi connectivity index (χ0) is 8.39. The van der Waals surface area contributed by atoms with Crippen LogP contribution in [0.4, 0.5) is 0 Å². The number of rotatable bonds is 1. The SMILES string of the molecule is CC1=[C-]CC(c2ccccc2)=C1.[Zr]. The molecule has 2 rings (SSSR count). The van der Waals surface area contributed by atoms with Gasteiger partial charge in [-0.15, -0.1) is 12.0 Å². The van der Waals surface area contributed by atoms with Crippen LogP contribution < -0.4 is 0 Å². The van der Waals surface area contributed by atoms with Gasteiger partial charge < -0.3 is 0 Å². The summed E-state index contributed by atoms with van der Waals surface area (Å²) >= 11 is 0. The topological polar surface area (TPSA) is 0 Å². The molecule has 0 spiro atoms. The van der Waals surface area contributed by atoms with Crippen LogP contribution in [-0.4, -0.2) is 0 Å². The molecule has 0 aliphatic heterocycles. The summed E-state index contributed by atoms with van der Waals surface area (Å²) in [5.41, 5.74) is 3.96. The molecule has 0 heterocycles. The maximum Gasteiger partial charge on any atom is 0 e. The van der Waals surface area contributed by atoms with Crippen molar-refractivity contribution in [1.82, 2.24) is 0 Å². The standard InChI is InChI=1S/C12H11.Zr/c1-10-7-8-12(9-10)11-5-3-2-4-6-11;/h2-6,9H,8H2,1H3;/q-1;. The van der Waals surface area contributed by atoms with E-state index >= 15 is 0 Å². The fourth-order valence-corrected chi connectivity index (χ4v) is 1.44. The largest absolute Gasteiger partial charge is 0.269 e. The summed E-state index contributed by atoms with van der Waals surface area (Å²) < 4.78 is 0. The molecule has 0 aromatic heterocycles. The van der Waals surface area contributed by atoms with Gasteiger partial charge in [-0.05, 0) is 5.56 Å². The zero-order valence-electron chi connectivity index (χ0n) is 7.67. The molecule has 1 heteroatoms. The smallest absolute Gasteiger partial charge is 0 e. The third-order valence-electron chi connectivity index (χ3n) is 2.09. The van der Waals surface area contributed by atoms with Crippen LogP contribution in [0.15, 0.2) is 42.0 Å². The van der Waals surface area contributed by atoms with E-state index in [2.05, 4.69) is 43.3 Å². The second-order valence-electron chi connectivity index (χ2n) is 3.07. The Morgan fingerprint density at radius 1 is 1.15 bits per heavy atom. The Hall–Kier alpha value is -0.417. The van der Waals surface area contributed by atoms with Crippen molar-refractivity contribution in [3.63, 3.8) is 0 Å². The van der Waals surface area contributed by atoms with Gasteiger partial charge in [-0.25, -0.2) is 11.6 Å². The summed E-state index contributed by atoms with van der Waals surface area (Å²) in [5, 5.41) is 0. The van der Waals surface area contributed by atoms with E-state index in [0.29, 0.717) is 0 Å². The van der Waals surface area contributed by atoms with Gasteiger partial charge in [-0.1, -0.05) is 37.3 Å². The fraction of sp³-hybridized carbons (Fsp3) is 0.167. The maximum absolute atomic E-state index is 3.29. The van der Waals surface area contributed by atoms with E-state index in [1.807, 2.05) is 6.07 Å². The number of benzene rings is 1. The van der Waals surface area contributed by atoms with E-state index in [4.69, 9.17) is 0 Å². The predicted molar refractivity (Wildman–Crippen MR) is 51.5 cm³/mol. The predicted octanol–water partition coefficient (Wildman–Crippen LogP) is 3.22. The molecule has 0 radical (unpaired) electrons. The molecular formula is C12H11Zr-. The maximum atomic E-state index is 3.29. The van der Waals surface area contributed by atoms with Gasteiger partial charge >= 0.3 is 0 Å². The second kappa shape index (κ2) is 4.72. The normalized spacial score (nSPS) is 14.5. The van der Waals surface area contributed by atoms with Crippen molar-refractivity contribution >= 4 is 5.57 Å². The molecule has 0 atom stereocenters. The van der Waals surface area contributed by atoms with Crippen molar-refractivity contribution in [3.8, 4) is 0 Å². The first-order chi connectivity index (χ1) is 5.86. The van der Waals surface area contributed by atoms with Crippen LogP contribution in [0.2, 0.25) is 0 Å². The second-order valence-corrected chi connectivity index (χ2v) is 3.07. The van der Waals surface area contributed by atoms with Crippen molar-refractivity contribution in [2.75, 3.05) is 0 Å². The van der Waals surface area contributed by atoms with Crippen molar-refractivity contribution in [2.45, 2.75) is 13.3 Å². The molecule has 0 nitrogen and oxygen atoms in total. The third kappa shape index (κ3) is 2.51. The summed E-state index contributed by atoms with van der Waals surface area (Å²) in [4.78, 5) is 0. The summed E-state index contributed by atoms with van der Waals surface area (Å²) in [6.07, 6.45) is 6.46. The summed E-state index contributed by atoms with van der Waals surface area (Å²) in [6.45, 7) is 2.09. The van der Waals surface area contributed by atoms with Gasteiger partial charge in [-0.3, -0.25) is 6.08 Å². The minimum atomic E-state index is 0. The van der Waals surface area contributed by atoms with Crippen LogP contribution in [0.1, 0.15) is 18.9 Å². The minimum Gasteiger partial charge on any atom is -0.269 e.